The fourth-order valence-electron chi connectivity index (χ4n) is 4.24. The molecule has 1 aliphatic carbocycles. The third kappa shape index (κ3) is 3.78. The highest BCUT2D eigenvalue weighted by Gasteiger charge is 2.51. The van der Waals surface area contributed by atoms with E-state index in [4.69, 9.17) is 5.11 Å². The Balaban J connectivity index is 1.54. The fraction of sp³-hybridized carbons (Fsp3) is 0.778. The van der Waals surface area contributed by atoms with Crippen LogP contribution in [0.4, 0.5) is 4.79 Å². The van der Waals surface area contributed by atoms with Crippen molar-refractivity contribution in [2.45, 2.75) is 57.2 Å². The summed E-state index contributed by atoms with van der Waals surface area (Å²) >= 11 is 0. The number of carbonyl (C=O) groups is 4. The topological polar surface area (TPSA) is 139 Å². The molecule has 2 saturated heterocycles. The molecule has 156 valence electrons. The minimum atomic E-state index is -1.33. The first-order valence-corrected chi connectivity index (χ1v) is 9.65. The Kier molecular flexibility index (Phi) is 5.51. The highest BCUT2D eigenvalue weighted by Crippen LogP contribution is 2.53. The van der Waals surface area contributed by atoms with Crippen molar-refractivity contribution in [3.8, 4) is 0 Å². The molecule has 1 unspecified atom stereocenters. The molecule has 10 heteroatoms. The van der Waals surface area contributed by atoms with Crippen LogP contribution in [0.5, 0.6) is 0 Å². The molecule has 3 atom stereocenters. The van der Waals surface area contributed by atoms with Crippen molar-refractivity contribution >= 4 is 23.9 Å². The number of rotatable bonds is 5. The summed E-state index contributed by atoms with van der Waals surface area (Å²) in [5.41, 5.74) is 0.0118. The molecule has 2 heterocycles. The first-order chi connectivity index (χ1) is 13.2. The molecule has 3 fully saturated rings. The molecule has 3 amide bonds. The van der Waals surface area contributed by atoms with E-state index in [9.17, 15) is 29.4 Å². The van der Waals surface area contributed by atoms with Crippen LogP contribution in [0.3, 0.4) is 0 Å². The van der Waals surface area contributed by atoms with Crippen molar-refractivity contribution in [3.05, 3.63) is 0 Å². The van der Waals surface area contributed by atoms with E-state index in [0.717, 1.165) is 29.1 Å². The number of aliphatic carboxylic acids is 1. The van der Waals surface area contributed by atoms with Gasteiger partial charge in [-0.25, -0.2) is 9.59 Å². The quantitative estimate of drug-likeness (QED) is 0.584. The first kappa shape index (κ1) is 20.4. The van der Waals surface area contributed by atoms with Gasteiger partial charge in [0.25, 0.3) is 0 Å². The Hall–Kier alpha value is -2.36. The van der Waals surface area contributed by atoms with Gasteiger partial charge in [0.1, 0.15) is 12.1 Å². The van der Waals surface area contributed by atoms with Crippen molar-refractivity contribution in [2.24, 2.45) is 5.41 Å². The average molecular weight is 397 g/mol. The Morgan fingerprint density at radius 1 is 1.14 bits per heavy atom. The summed E-state index contributed by atoms with van der Waals surface area (Å²) in [6.07, 6.45) is 1.42. The number of carbonyl (C=O) groups excluding carboxylic acids is 2. The van der Waals surface area contributed by atoms with Crippen LogP contribution in [0.1, 0.15) is 39.0 Å². The lowest BCUT2D eigenvalue weighted by Gasteiger charge is -2.41. The largest absolute Gasteiger partial charge is 0.480 e. The number of nitrogens with zero attached hydrogens (tertiary/aromatic N) is 3. The van der Waals surface area contributed by atoms with Crippen molar-refractivity contribution in [2.75, 3.05) is 26.2 Å². The average Bonchev–Trinajstić information content (AvgIpc) is 3.41. The van der Waals surface area contributed by atoms with Crippen LogP contribution in [0.25, 0.3) is 0 Å². The number of carboxylic acids is 1. The predicted octanol–water partition coefficient (Wildman–Crippen LogP) is -0.196. The van der Waals surface area contributed by atoms with E-state index >= 15 is 0 Å². The number of aliphatic hydroxyl groups excluding tert-OH is 1. The lowest BCUT2D eigenvalue weighted by Crippen LogP contribution is -2.64. The van der Waals surface area contributed by atoms with Crippen LogP contribution in [0, 0.1) is 5.41 Å². The number of carboxylic acid groups (broad SMARTS) is 2. The van der Waals surface area contributed by atoms with Gasteiger partial charge in [0.15, 0.2) is 0 Å². The molecule has 0 aromatic rings. The number of piperidine rings is 1. The highest BCUT2D eigenvalue weighted by atomic mass is 16.4. The molecule has 3 N–H and O–H groups in total. The Morgan fingerprint density at radius 2 is 1.82 bits per heavy atom. The highest BCUT2D eigenvalue weighted by molar-refractivity contribution is 5.91. The first-order valence-electron chi connectivity index (χ1n) is 9.65. The van der Waals surface area contributed by atoms with Gasteiger partial charge in [-0.15, -0.1) is 0 Å². The van der Waals surface area contributed by atoms with Gasteiger partial charge in [-0.3, -0.25) is 14.5 Å². The van der Waals surface area contributed by atoms with Crippen LogP contribution in [0.15, 0.2) is 0 Å². The second kappa shape index (κ2) is 7.57. The monoisotopic (exact) mass is 397 g/mol. The van der Waals surface area contributed by atoms with E-state index < -0.39 is 36.2 Å². The Morgan fingerprint density at radius 3 is 2.36 bits per heavy atom. The number of hydrogen-bond acceptors (Lipinski definition) is 5. The molecule has 2 aliphatic heterocycles. The van der Waals surface area contributed by atoms with Gasteiger partial charge in [0.2, 0.25) is 11.8 Å². The van der Waals surface area contributed by atoms with Gasteiger partial charge in [-0.1, -0.05) is 0 Å². The number of amides is 3. The van der Waals surface area contributed by atoms with Gasteiger partial charge >= 0.3 is 12.1 Å². The molecule has 0 bridgehead atoms. The van der Waals surface area contributed by atoms with Gasteiger partial charge < -0.3 is 25.1 Å². The van der Waals surface area contributed by atoms with E-state index in [-0.39, 0.29) is 37.3 Å². The summed E-state index contributed by atoms with van der Waals surface area (Å²) in [4.78, 5) is 51.3. The van der Waals surface area contributed by atoms with Crippen molar-refractivity contribution in [3.63, 3.8) is 0 Å². The van der Waals surface area contributed by atoms with Crippen LogP contribution in [-0.4, -0.2) is 98.3 Å². The molecular weight excluding hydrogens is 370 g/mol. The normalized spacial score (nSPS) is 29.1. The molecule has 28 heavy (non-hydrogen) atoms. The summed E-state index contributed by atoms with van der Waals surface area (Å²) in [5.74, 6) is -1.96. The number of hydrogen-bond donors (Lipinski definition) is 3. The van der Waals surface area contributed by atoms with Crippen LogP contribution in [-0.2, 0) is 14.4 Å². The zero-order chi connectivity index (χ0) is 20.6. The molecule has 1 saturated carbocycles. The van der Waals surface area contributed by atoms with E-state index in [0.29, 0.717) is 13.1 Å². The third-order valence-corrected chi connectivity index (χ3v) is 6.40. The van der Waals surface area contributed by atoms with Crippen molar-refractivity contribution in [1.82, 2.24) is 14.7 Å². The van der Waals surface area contributed by atoms with Gasteiger partial charge in [0.05, 0.1) is 12.6 Å². The predicted molar refractivity (Wildman–Crippen MR) is 95.4 cm³/mol. The van der Waals surface area contributed by atoms with E-state index in [2.05, 4.69) is 0 Å². The standard InChI is InChI=1S/C18H27N3O7/c1-11-15(24)20(12(16(25)26)9-21(11)17(27)28)7-2-3-14(23)19-8-6-18(4-5-18)13(22)10-19/h11-13,22H,2-10H2,1H3,(H,25,26)(H,27,28)/t11?,12-,13+/m0/s1. The molecule has 0 radical (unpaired) electrons. The third-order valence-electron chi connectivity index (χ3n) is 6.40. The number of aliphatic hydroxyl groups is 1. The number of β-amino-alcohol motifs (C(OH)–C–C–N with tert-alkyl or cyclic N) is 1. The van der Waals surface area contributed by atoms with Crippen molar-refractivity contribution < 1.29 is 34.5 Å². The second-order valence-electron chi connectivity index (χ2n) is 8.07. The maximum absolute atomic E-state index is 12.5. The minimum Gasteiger partial charge on any atom is -0.480 e. The zero-order valence-electron chi connectivity index (χ0n) is 15.9. The maximum atomic E-state index is 12.5. The SMILES string of the molecule is CC1C(=O)N(CCCC(=O)N2CCC3(CC3)[C@H](O)C2)[C@H](C(=O)O)CN1C(=O)O. The minimum absolute atomic E-state index is 0.0118. The molecule has 0 aromatic carbocycles. The molecule has 3 aliphatic rings. The lowest BCUT2D eigenvalue weighted by molar-refractivity contribution is -0.158. The van der Waals surface area contributed by atoms with Crippen LogP contribution >= 0.6 is 0 Å². The molecular formula is C18H27N3O7. The lowest BCUT2D eigenvalue weighted by atomic mass is 9.90. The Labute approximate surface area is 162 Å². The van der Waals surface area contributed by atoms with E-state index in [1.807, 2.05) is 0 Å². The van der Waals surface area contributed by atoms with Gasteiger partial charge in [0, 0.05) is 26.1 Å². The smallest absolute Gasteiger partial charge is 0.408 e. The summed E-state index contributed by atoms with van der Waals surface area (Å²) in [5, 5.41) is 28.8. The van der Waals surface area contributed by atoms with Crippen molar-refractivity contribution in [1.29, 1.82) is 0 Å². The number of likely N-dealkylation sites (tertiary alicyclic amines) is 1. The molecule has 10 nitrogen and oxygen atoms in total. The number of piperazine rings is 1. The van der Waals surface area contributed by atoms with Gasteiger partial charge in [-0.2, -0.15) is 0 Å². The van der Waals surface area contributed by atoms with E-state index in [1.54, 1.807) is 4.90 Å². The summed E-state index contributed by atoms with van der Waals surface area (Å²) in [6, 6.07) is -2.22. The fourth-order valence-corrected chi connectivity index (χ4v) is 4.24. The Bertz CT molecular complexity index is 678. The molecule has 3 rings (SSSR count). The van der Waals surface area contributed by atoms with Crippen LogP contribution in [0.2, 0.25) is 0 Å². The summed E-state index contributed by atoms with van der Waals surface area (Å²) in [6.45, 7) is 2.13. The van der Waals surface area contributed by atoms with Crippen LogP contribution < -0.4 is 0 Å². The molecule has 1 spiro atoms. The molecule has 0 aromatic heterocycles. The summed E-state index contributed by atoms with van der Waals surface area (Å²) in [7, 11) is 0. The summed E-state index contributed by atoms with van der Waals surface area (Å²) < 4.78 is 0. The second-order valence-corrected chi connectivity index (χ2v) is 8.07. The van der Waals surface area contributed by atoms with E-state index in [1.165, 1.54) is 6.92 Å². The zero-order valence-corrected chi connectivity index (χ0v) is 15.9. The van der Waals surface area contributed by atoms with Gasteiger partial charge in [-0.05, 0) is 38.0 Å². The maximum Gasteiger partial charge on any atom is 0.408 e.